The molecule has 0 bridgehead atoms. The Morgan fingerprint density at radius 3 is 2.54 bits per heavy atom. The van der Waals surface area contributed by atoms with Crippen LogP contribution >= 0.6 is 0 Å². The molecule has 1 amide bonds. The fraction of sp³-hybridized carbons (Fsp3) is 0.481. The number of rotatable bonds is 12. The second-order valence-corrected chi connectivity index (χ2v) is 8.77. The Balaban J connectivity index is 1.39. The van der Waals surface area contributed by atoms with Crippen molar-refractivity contribution in [2.75, 3.05) is 11.9 Å². The molecule has 0 spiro atoms. The third-order valence-corrected chi connectivity index (χ3v) is 5.96. The van der Waals surface area contributed by atoms with Crippen LogP contribution in [-0.2, 0) is 16.2 Å². The van der Waals surface area contributed by atoms with Gasteiger partial charge in [0.15, 0.2) is 6.19 Å². The first-order valence-corrected chi connectivity index (χ1v) is 12.6. The zero-order chi connectivity index (χ0) is 24.6. The number of aliphatic imine (C=N–C) groups is 1. The van der Waals surface area contributed by atoms with Crippen LogP contribution in [0.5, 0.6) is 0 Å². The number of hydrogen-bond acceptors (Lipinski definition) is 5. The molecule has 1 aromatic heterocycles. The van der Waals surface area contributed by atoms with Gasteiger partial charge in [0.1, 0.15) is 0 Å². The van der Waals surface area contributed by atoms with Crippen LogP contribution in [0.3, 0.4) is 0 Å². The van der Waals surface area contributed by atoms with Gasteiger partial charge in [-0.15, -0.1) is 0 Å². The van der Waals surface area contributed by atoms with Crippen LogP contribution in [-0.4, -0.2) is 34.6 Å². The zero-order valence-corrected chi connectivity index (χ0v) is 20.4. The Hall–Kier alpha value is -3.44. The van der Waals surface area contributed by atoms with Crippen molar-refractivity contribution in [1.29, 1.82) is 5.26 Å². The highest BCUT2D eigenvalue weighted by molar-refractivity contribution is 5.94. The van der Waals surface area contributed by atoms with Gasteiger partial charge >= 0.3 is 0 Å². The van der Waals surface area contributed by atoms with Crippen molar-refractivity contribution in [3.05, 3.63) is 60.4 Å². The van der Waals surface area contributed by atoms with E-state index in [-0.39, 0.29) is 12.0 Å². The van der Waals surface area contributed by atoms with E-state index in [0.717, 1.165) is 49.8 Å². The summed E-state index contributed by atoms with van der Waals surface area (Å²) in [7, 11) is 0. The third kappa shape index (κ3) is 10.1. The molecule has 1 heterocycles. The minimum Gasteiger partial charge on any atom is -0.325 e. The van der Waals surface area contributed by atoms with E-state index < -0.39 is 0 Å². The van der Waals surface area contributed by atoms with E-state index in [1.54, 1.807) is 17.5 Å². The lowest BCUT2D eigenvalue weighted by molar-refractivity contribution is -0.215. The molecule has 1 aromatic carbocycles. The van der Waals surface area contributed by atoms with Gasteiger partial charge in [-0.1, -0.05) is 62.4 Å². The summed E-state index contributed by atoms with van der Waals surface area (Å²) in [5.41, 5.74) is 1.90. The summed E-state index contributed by atoms with van der Waals surface area (Å²) in [6.07, 6.45) is 15.1. The Morgan fingerprint density at radius 1 is 1.06 bits per heavy atom. The molecule has 2 aromatic rings. The van der Waals surface area contributed by atoms with Crippen molar-refractivity contribution < 1.29 is 9.63 Å². The molecular weight excluding hydrogens is 440 g/mol. The van der Waals surface area contributed by atoms with Crippen LogP contribution in [0.15, 0.2) is 59.9 Å². The number of nitrogens with zero attached hydrogens (tertiary/aromatic N) is 4. The highest BCUT2D eigenvalue weighted by Crippen LogP contribution is 2.23. The van der Waals surface area contributed by atoms with Crippen molar-refractivity contribution >= 4 is 17.6 Å². The van der Waals surface area contributed by atoms with E-state index in [9.17, 15) is 4.79 Å². The predicted octanol–water partition coefficient (Wildman–Crippen LogP) is 5.16. The summed E-state index contributed by atoms with van der Waals surface area (Å²) in [5.74, 6) is 0.477. The summed E-state index contributed by atoms with van der Waals surface area (Å²) in [4.78, 5) is 27.6. The monoisotopic (exact) mass is 476 g/mol. The lowest BCUT2D eigenvalue weighted by Crippen LogP contribution is -2.35. The van der Waals surface area contributed by atoms with Crippen LogP contribution in [0.2, 0.25) is 0 Å². The fourth-order valence-corrected chi connectivity index (χ4v) is 4.08. The number of unbranched alkanes of at least 4 members (excludes halogenated alkanes) is 3. The minimum atomic E-state index is 0.0551. The Morgan fingerprint density at radius 2 is 1.80 bits per heavy atom. The van der Waals surface area contributed by atoms with Gasteiger partial charge in [0.25, 0.3) is 0 Å². The predicted molar refractivity (Wildman–Crippen MR) is 137 cm³/mol. The molecule has 8 heteroatoms. The maximum atomic E-state index is 13.0. The van der Waals surface area contributed by atoms with Crippen molar-refractivity contribution in [3.63, 3.8) is 0 Å². The molecular formula is C27H36N6O2. The molecule has 1 fully saturated rings. The number of anilines is 1. The standard InChI is InChI=1S/C27H36N6O2/c28-22-31-27(32-24-16-19-29-20-17-24)30-18-10-2-1-9-15-26(34)33(21-23-11-5-3-6-12-23)35-25-13-7-4-8-14-25/h3,5-6,11-12,16-17,19-20,25H,1-2,4,7-10,13-15,18,21H2,(H2,29,30,31,32). The Kier molecular flexibility index (Phi) is 11.6. The number of aromatic nitrogens is 1. The topological polar surface area (TPSA) is 103 Å². The number of hydrogen-bond donors (Lipinski definition) is 2. The smallest absolute Gasteiger partial charge is 0.246 e. The number of carbonyl (C=O) groups is 1. The van der Waals surface area contributed by atoms with Gasteiger partial charge in [-0.05, 0) is 43.4 Å². The minimum absolute atomic E-state index is 0.0551. The lowest BCUT2D eigenvalue weighted by Gasteiger charge is -2.29. The van der Waals surface area contributed by atoms with Crippen LogP contribution in [0, 0.1) is 11.5 Å². The molecule has 0 unspecified atom stereocenters. The lowest BCUT2D eigenvalue weighted by atomic mass is 9.98. The van der Waals surface area contributed by atoms with Gasteiger partial charge in [0.05, 0.1) is 12.6 Å². The molecule has 2 N–H and O–H groups in total. The van der Waals surface area contributed by atoms with Gasteiger partial charge in [-0.3, -0.25) is 24.9 Å². The average molecular weight is 477 g/mol. The number of nitrogens with one attached hydrogen (secondary N) is 2. The summed E-state index contributed by atoms with van der Waals surface area (Å²) in [5, 5.41) is 16.2. The second-order valence-electron chi connectivity index (χ2n) is 8.77. The number of nitriles is 1. The van der Waals surface area contributed by atoms with Crippen LogP contribution in [0.1, 0.15) is 69.8 Å². The van der Waals surface area contributed by atoms with Crippen LogP contribution in [0.25, 0.3) is 0 Å². The molecule has 0 atom stereocenters. The van der Waals surface area contributed by atoms with Gasteiger partial charge in [0, 0.05) is 31.0 Å². The Bertz CT molecular complexity index is 939. The summed E-state index contributed by atoms with van der Waals surface area (Å²) in [6, 6.07) is 13.6. The van der Waals surface area contributed by atoms with Gasteiger partial charge < -0.3 is 5.32 Å². The first kappa shape index (κ1) is 26.2. The van der Waals surface area contributed by atoms with Gasteiger partial charge in [-0.25, -0.2) is 5.06 Å². The van der Waals surface area contributed by atoms with Crippen LogP contribution in [0.4, 0.5) is 5.69 Å². The number of carbonyl (C=O) groups excluding carboxylic acids is 1. The molecule has 0 saturated heterocycles. The first-order chi connectivity index (χ1) is 17.2. The summed E-state index contributed by atoms with van der Waals surface area (Å²) < 4.78 is 0. The molecule has 186 valence electrons. The number of pyridine rings is 1. The van der Waals surface area contributed by atoms with Gasteiger partial charge in [0.2, 0.25) is 11.9 Å². The van der Waals surface area contributed by atoms with Crippen molar-refractivity contribution in [2.45, 2.75) is 76.9 Å². The van der Waals surface area contributed by atoms with E-state index in [2.05, 4.69) is 20.6 Å². The zero-order valence-electron chi connectivity index (χ0n) is 20.4. The molecule has 0 radical (unpaired) electrons. The summed E-state index contributed by atoms with van der Waals surface area (Å²) in [6.45, 7) is 1.09. The molecule has 1 saturated carbocycles. The van der Waals surface area contributed by atoms with Crippen molar-refractivity contribution in [1.82, 2.24) is 15.4 Å². The second kappa shape index (κ2) is 15.5. The normalized spacial score (nSPS) is 14.2. The van der Waals surface area contributed by atoms with E-state index >= 15 is 0 Å². The number of amides is 1. The molecule has 35 heavy (non-hydrogen) atoms. The van der Waals surface area contributed by atoms with E-state index in [1.807, 2.05) is 48.7 Å². The number of guanidine groups is 1. The van der Waals surface area contributed by atoms with Gasteiger partial charge in [-0.2, -0.15) is 5.26 Å². The highest BCUT2D eigenvalue weighted by Gasteiger charge is 2.22. The third-order valence-electron chi connectivity index (χ3n) is 5.96. The molecule has 8 nitrogen and oxygen atoms in total. The highest BCUT2D eigenvalue weighted by atomic mass is 16.7. The van der Waals surface area contributed by atoms with E-state index in [4.69, 9.17) is 10.1 Å². The SMILES string of the molecule is N#CNC(=NCCCCCCC(=O)N(Cc1ccccc1)OC1CCCCC1)Nc1ccncc1. The van der Waals surface area contributed by atoms with Crippen LogP contribution < -0.4 is 10.6 Å². The van der Waals surface area contributed by atoms with E-state index in [1.165, 1.54) is 19.3 Å². The average Bonchev–Trinajstić information content (AvgIpc) is 2.89. The maximum absolute atomic E-state index is 13.0. The molecule has 3 rings (SSSR count). The summed E-state index contributed by atoms with van der Waals surface area (Å²) >= 11 is 0. The largest absolute Gasteiger partial charge is 0.325 e. The molecule has 1 aliphatic rings. The van der Waals surface area contributed by atoms with Crippen molar-refractivity contribution in [2.24, 2.45) is 4.99 Å². The quantitative estimate of drug-likeness (QED) is 0.109. The van der Waals surface area contributed by atoms with Crippen molar-refractivity contribution in [3.8, 4) is 6.19 Å². The number of hydroxylamine groups is 2. The fourth-order valence-electron chi connectivity index (χ4n) is 4.08. The maximum Gasteiger partial charge on any atom is 0.246 e. The first-order valence-electron chi connectivity index (χ1n) is 12.6. The van der Waals surface area contributed by atoms with E-state index in [0.29, 0.717) is 25.5 Å². The number of benzene rings is 1. The molecule has 1 aliphatic carbocycles. The molecule has 0 aliphatic heterocycles. The Labute approximate surface area is 208 Å².